The van der Waals surface area contributed by atoms with Crippen molar-refractivity contribution in [3.63, 3.8) is 0 Å². The van der Waals surface area contributed by atoms with Crippen LogP contribution in [0.5, 0.6) is 5.75 Å². The fraction of sp³-hybridized carbons (Fsp3) is 0.368. The van der Waals surface area contributed by atoms with Crippen molar-refractivity contribution in [1.82, 2.24) is 4.72 Å². The molecule has 0 heterocycles. The van der Waals surface area contributed by atoms with E-state index in [1.807, 2.05) is 0 Å². The van der Waals surface area contributed by atoms with Crippen molar-refractivity contribution in [1.29, 1.82) is 0 Å². The molecule has 0 saturated carbocycles. The minimum atomic E-state index is -3.80. The third-order valence-electron chi connectivity index (χ3n) is 4.44. The van der Waals surface area contributed by atoms with Crippen LogP contribution in [0.4, 0.5) is 4.39 Å². The van der Waals surface area contributed by atoms with Gasteiger partial charge in [0.05, 0.1) is 12.0 Å². The third kappa shape index (κ3) is 4.06. The number of sulfonamides is 1. The summed E-state index contributed by atoms with van der Waals surface area (Å²) in [6, 6.07) is 9.23. The van der Waals surface area contributed by atoms with Crippen molar-refractivity contribution in [2.24, 2.45) is 0 Å². The summed E-state index contributed by atoms with van der Waals surface area (Å²) < 4.78 is 52.8. The van der Waals surface area contributed by atoms with Gasteiger partial charge in [-0.3, -0.25) is 0 Å². The number of halogens is 1. The number of benzene rings is 2. The molecule has 0 fully saturated rings. The van der Waals surface area contributed by atoms with Crippen LogP contribution >= 0.6 is 0 Å². The Morgan fingerprint density at radius 3 is 2.19 bits per heavy atom. The van der Waals surface area contributed by atoms with Gasteiger partial charge in [-0.15, -0.1) is 0 Å². The highest BCUT2D eigenvalue weighted by molar-refractivity contribution is 7.89. The molecular formula is C19H24FNO4S. The van der Waals surface area contributed by atoms with Crippen LogP contribution in [0.3, 0.4) is 0 Å². The highest BCUT2D eigenvalue weighted by Crippen LogP contribution is 2.29. The number of hydrogen-bond donors (Lipinski definition) is 1. The number of ether oxygens (including phenoxy) is 2. The molecule has 0 spiro atoms. The maximum atomic E-state index is 14.1. The van der Waals surface area contributed by atoms with Gasteiger partial charge in [-0.1, -0.05) is 18.2 Å². The Kier molecular flexibility index (Phi) is 6.05. The minimum Gasteiger partial charge on any atom is -0.496 e. The zero-order chi connectivity index (χ0) is 19.5. The Balaban J connectivity index is 2.31. The van der Waals surface area contributed by atoms with Crippen molar-refractivity contribution in [3.8, 4) is 5.75 Å². The van der Waals surface area contributed by atoms with E-state index in [9.17, 15) is 12.8 Å². The van der Waals surface area contributed by atoms with Crippen LogP contribution in [0.2, 0.25) is 0 Å². The molecule has 0 aromatic heterocycles. The van der Waals surface area contributed by atoms with Gasteiger partial charge >= 0.3 is 0 Å². The summed E-state index contributed by atoms with van der Waals surface area (Å²) in [5.74, 6) is 0.198. The number of aryl methyl sites for hydroxylation is 2. The molecule has 1 atom stereocenters. The Morgan fingerprint density at radius 1 is 1.12 bits per heavy atom. The van der Waals surface area contributed by atoms with Gasteiger partial charge in [0.2, 0.25) is 10.0 Å². The van der Waals surface area contributed by atoms with E-state index >= 15 is 0 Å². The Labute approximate surface area is 154 Å². The molecule has 1 N–H and O–H groups in total. The zero-order valence-electron chi connectivity index (χ0n) is 15.6. The molecule has 142 valence electrons. The Bertz CT molecular complexity index is 875. The van der Waals surface area contributed by atoms with E-state index < -0.39 is 21.4 Å². The van der Waals surface area contributed by atoms with Gasteiger partial charge in [0.1, 0.15) is 17.2 Å². The van der Waals surface area contributed by atoms with Crippen molar-refractivity contribution >= 4 is 10.0 Å². The van der Waals surface area contributed by atoms with Gasteiger partial charge in [-0.05, 0) is 50.1 Å². The van der Waals surface area contributed by atoms with Gasteiger partial charge in [-0.25, -0.2) is 17.5 Å². The van der Waals surface area contributed by atoms with Gasteiger partial charge in [-0.2, -0.15) is 0 Å². The van der Waals surface area contributed by atoms with Gasteiger partial charge in [0, 0.05) is 19.2 Å². The van der Waals surface area contributed by atoms with E-state index in [0.29, 0.717) is 5.75 Å². The van der Waals surface area contributed by atoms with Crippen LogP contribution in [-0.4, -0.2) is 29.2 Å². The lowest BCUT2D eigenvalue weighted by atomic mass is 9.95. The highest BCUT2D eigenvalue weighted by atomic mass is 32.2. The molecular weight excluding hydrogens is 357 g/mol. The molecule has 5 nitrogen and oxygen atoms in total. The fourth-order valence-corrected chi connectivity index (χ4v) is 4.17. The molecule has 2 aromatic carbocycles. The molecule has 26 heavy (non-hydrogen) atoms. The summed E-state index contributed by atoms with van der Waals surface area (Å²) in [5, 5.41) is 0. The van der Waals surface area contributed by atoms with Crippen molar-refractivity contribution < 1.29 is 22.3 Å². The first-order chi connectivity index (χ1) is 12.1. The SMILES string of the molecule is COc1c(C)cc(S(=O)(=O)NCC(C)(OC)c2ccccc2F)cc1C. The van der Waals surface area contributed by atoms with E-state index in [1.165, 1.54) is 13.2 Å². The standard InChI is InChI=1S/C19H24FNO4S/c1-13-10-15(11-14(2)18(13)24-4)26(22,23)21-12-19(3,25-5)16-8-6-7-9-17(16)20/h6-11,21H,12H2,1-5H3. The van der Waals surface area contributed by atoms with Crippen LogP contribution in [0.15, 0.2) is 41.3 Å². The molecule has 0 amide bonds. The highest BCUT2D eigenvalue weighted by Gasteiger charge is 2.31. The molecule has 2 rings (SSSR count). The molecule has 0 radical (unpaired) electrons. The summed E-state index contributed by atoms with van der Waals surface area (Å²) in [5.41, 5.74) is 0.579. The lowest BCUT2D eigenvalue weighted by molar-refractivity contribution is 0.00410. The second kappa shape index (κ2) is 7.73. The van der Waals surface area contributed by atoms with Gasteiger partial charge < -0.3 is 9.47 Å². The molecule has 0 aliphatic heterocycles. The van der Waals surface area contributed by atoms with E-state index in [0.717, 1.165) is 11.1 Å². The first kappa shape index (κ1) is 20.4. The number of rotatable bonds is 7. The van der Waals surface area contributed by atoms with Crippen LogP contribution in [0.1, 0.15) is 23.6 Å². The summed E-state index contributed by atoms with van der Waals surface area (Å²) in [7, 11) is -0.841. The van der Waals surface area contributed by atoms with E-state index in [-0.39, 0.29) is 17.0 Å². The van der Waals surface area contributed by atoms with Crippen LogP contribution in [0, 0.1) is 19.7 Å². The average molecular weight is 381 g/mol. The quantitative estimate of drug-likeness (QED) is 0.799. The van der Waals surface area contributed by atoms with Crippen molar-refractivity contribution in [3.05, 3.63) is 58.9 Å². The third-order valence-corrected chi connectivity index (χ3v) is 5.82. The number of hydrogen-bond acceptors (Lipinski definition) is 4. The van der Waals surface area contributed by atoms with Gasteiger partial charge in [0.15, 0.2) is 0 Å². The van der Waals surface area contributed by atoms with Crippen molar-refractivity contribution in [2.45, 2.75) is 31.3 Å². The van der Waals surface area contributed by atoms with Crippen LogP contribution in [-0.2, 0) is 20.4 Å². The Hall–Kier alpha value is -1.96. The van der Waals surface area contributed by atoms with Gasteiger partial charge in [0.25, 0.3) is 0 Å². The fourth-order valence-electron chi connectivity index (χ4n) is 2.87. The maximum absolute atomic E-state index is 14.1. The number of methoxy groups -OCH3 is 2. The summed E-state index contributed by atoms with van der Waals surface area (Å²) in [4.78, 5) is 0.125. The second-order valence-corrected chi connectivity index (χ2v) is 8.10. The molecule has 0 aliphatic rings. The molecule has 2 aromatic rings. The summed E-state index contributed by atoms with van der Waals surface area (Å²) >= 11 is 0. The zero-order valence-corrected chi connectivity index (χ0v) is 16.4. The molecule has 0 saturated heterocycles. The summed E-state index contributed by atoms with van der Waals surface area (Å²) in [6.07, 6.45) is 0. The minimum absolute atomic E-state index is 0.114. The average Bonchev–Trinajstić information content (AvgIpc) is 2.60. The normalized spacial score (nSPS) is 14.1. The molecule has 7 heteroatoms. The largest absolute Gasteiger partial charge is 0.496 e. The molecule has 0 bridgehead atoms. The lowest BCUT2D eigenvalue weighted by Gasteiger charge is -2.29. The molecule has 0 aliphatic carbocycles. The lowest BCUT2D eigenvalue weighted by Crippen LogP contribution is -2.40. The Morgan fingerprint density at radius 2 is 1.69 bits per heavy atom. The monoisotopic (exact) mass is 381 g/mol. The van der Waals surface area contributed by atoms with E-state index in [1.54, 1.807) is 58.2 Å². The number of nitrogens with one attached hydrogen (secondary N) is 1. The first-order valence-corrected chi connectivity index (χ1v) is 9.58. The first-order valence-electron chi connectivity index (χ1n) is 8.09. The molecule has 1 unspecified atom stereocenters. The predicted molar refractivity (Wildman–Crippen MR) is 98.4 cm³/mol. The maximum Gasteiger partial charge on any atom is 0.240 e. The van der Waals surface area contributed by atoms with E-state index in [4.69, 9.17) is 9.47 Å². The predicted octanol–water partition coefficient (Wildman–Crippen LogP) is 3.29. The van der Waals surface area contributed by atoms with E-state index in [2.05, 4.69) is 4.72 Å². The second-order valence-electron chi connectivity index (χ2n) is 6.33. The van der Waals surface area contributed by atoms with Crippen molar-refractivity contribution in [2.75, 3.05) is 20.8 Å². The van der Waals surface area contributed by atoms with Crippen LogP contribution < -0.4 is 9.46 Å². The van der Waals surface area contributed by atoms with Crippen LogP contribution in [0.25, 0.3) is 0 Å². The topological polar surface area (TPSA) is 64.6 Å². The summed E-state index contributed by atoms with van der Waals surface area (Å²) in [6.45, 7) is 5.09. The smallest absolute Gasteiger partial charge is 0.240 e.